The van der Waals surface area contributed by atoms with E-state index in [-0.39, 0.29) is 35.5 Å². The van der Waals surface area contributed by atoms with Crippen molar-refractivity contribution in [1.82, 2.24) is 20.5 Å². The standard InChI is InChI=1S/C16H29N5O2S2.HI/c1-4-17-16(18-6-5-15-20-13(2)14(3)24-15)19-7-8-21-9-11-25(22,23)12-10-21;/h4-12H2,1-3H3,(H2,17,18,19);1H. The largest absolute Gasteiger partial charge is 0.357 e. The summed E-state index contributed by atoms with van der Waals surface area (Å²) in [4.78, 5) is 12.6. The summed E-state index contributed by atoms with van der Waals surface area (Å²) in [6.45, 7) is 10.5. The lowest BCUT2D eigenvalue weighted by Gasteiger charge is -2.25. The predicted octanol–water partition coefficient (Wildman–Crippen LogP) is 1.21. The lowest BCUT2D eigenvalue weighted by atomic mass is 10.4. The molecule has 1 saturated heterocycles. The Hall–Kier alpha value is -0.460. The SMILES string of the molecule is CCNC(=NCCN1CCS(=O)(=O)CC1)NCCc1nc(C)c(C)s1.I. The fraction of sp³-hybridized carbons (Fsp3) is 0.750. The highest BCUT2D eigenvalue weighted by Crippen LogP contribution is 2.16. The molecule has 0 spiro atoms. The minimum atomic E-state index is -2.81. The third-order valence-corrected chi connectivity index (χ3v) is 6.91. The van der Waals surface area contributed by atoms with Gasteiger partial charge in [-0.15, -0.1) is 35.3 Å². The van der Waals surface area contributed by atoms with Gasteiger partial charge in [-0.2, -0.15) is 0 Å². The van der Waals surface area contributed by atoms with E-state index in [0.717, 1.165) is 42.7 Å². The highest BCUT2D eigenvalue weighted by molar-refractivity contribution is 14.0. The molecule has 2 heterocycles. The van der Waals surface area contributed by atoms with Crippen LogP contribution in [0.15, 0.2) is 4.99 Å². The van der Waals surface area contributed by atoms with Gasteiger partial charge in [-0.3, -0.25) is 9.89 Å². The molecule has 1 aromatic heterocycles. The molecule has 0 aliphatic carbocycles. The summed E-state index contributed by atoms with van der Waals surface area (Å²) < 4.78 is 22.9. The van der Waals surface area contributed by atoms with E-state index < -0.39 is 9.84 Å². The summed E-state index contributed by atoms with van der Waals surface area (Å²) in [6.07, 6.45) is 0.883. The van der Waals surface area contributed by atoms with E-state index in [4.69, 9.17) is 0 Å². The maximum Gasteiger partial charge on any atom is 0.191 e. The van der Waals surface area contributed by atoms with Crippen molar-refractivity contribution in [3.8, 4) is 0 Å². The molecule has 2 rings (SSSR count). The van der Waals surface area contributed by atoms with Crippen molar-refractivity contribution < 1.29 is 8.42 Å². The Balaban J connectivity index is 0.00000338. The average Bonchev–Trinajstić information content (AvgIpc) is 2.87. The molecule has 1 aliphatic rings. The van der Waals surface area contributed by atoms with Crippen LogP contribution < -0.4 is 10.6 Å². The van der Waals surface area contributed by atoms with E-state index in [1.54, 1.807) is 11.3 Å². The van der Waals surface area contributed by atoms with Crippen molar-refractivity contribution in [2.24, 2.45) is 4.99 Å². The first-order valence-electron chi connectivity index (χ1n) is 8.77. The van der Waals surface area contributed by atoms with E-state index in [9.17, 15) is 8.42 Å². The number of rotatable bonds is 7. The minimum Gasteiger partial charge on any atom is -0.357 e. The van der Waals surface area contributed by atoms with Gasteiger partial charge in [-0.1, -0.05) is 0 Å². The van der Waals surface area contributed by atoms with Crippen LogP contribution in [0.3, 0.4) is 0 Å². The zero-order valence-electron chi connectivity index (χ0n) is 15.7. The number of aromatic nitrogens is 1. The second kappa shape index (κ2) is 11.4. The maximum atomic E-state index is 11.4. The zero-order chi connectivity index (χ0) is 18.3. The Morgan fingerprint density at radius 3 is 2.54 bits per heavy atom. The third kappa shape index (κ3) is 8.05. The van der Waals surface area contributed by atoms with Crippen LogP contribution in [0.4, 0.5) is 0 Å². The Morgan fingerprint density at radius 1 is 1.27 bits per heavy atom. The summed E-state index contributed by atoms with van der Waals surface area (Å²) in [5, 5.41) is 7.73. The van der Waals surface area contributed by atoms with Gasteiger partial charge in [0.25, 0.3) is 0 Å². The van der Waals surface area contributed by atoms with E-state index in [1.165, 1.54) is 4.88 Å². The Morgan fingerprint density at radius 2 is 1.96 bits per heavy atom. The normalized spacial score (nSPS) is 17.6. The van der Waals surface area contributed by atoms with Crippen molar-refractivity contribution in [1.29, 1.82) is 0 Å². The molecule has 150 valence electrons. The summed E-state index contributed by atoms with van der Waals surface area (Å²) >= 11 is 1.75. The molecule has 0 amide bonds. The first-order chi connectivity index (χ1) is 11.9. The van der Waals surface area contributed by atoms with Gasteiger partial charge >= 0.3 is 0 Å². The fourth-order valence-electron chi connectivity index (χ4n) is 2.55. The molecule has 0 radical (unpaired) electrons. The number of thiazole rings is 1. The molecule has 0 saturated carbocycles. The summed E-state index contributed by atoms with van der Waals surface area (Å²) in [6, 6.07) is 0. The van der Waals surface area contributed by atoms with Gasteiger partial charge < -0.3 is 10.6 Å². The van der Waals surface area contributed by atoms with Gasteiger partial charge in [0.05, 0.1) is 28.8 Å². The number of hydrogen-bond donors (Lipinski definition) is 2. The molecular weight excluding hydrogens is 485 g/mol. The van der Waals surface area contributed by atoms with Gasteiger partial charge in [0.2, 0.25) is 0 Å². The molecule has 0 atom stereocenters. The van der Waals surface area contributed by atoms with Crippen LogP contribution in [0, 0.1) is 13.8 Å². The molecule has 1 aliphatic heterocycles. The lowest BCUT2D eigenvalue weighted by Crippen LogP contribution is -2.42. The number of nitrogens with one attached hydrogen (secondary N) is 2. The Labute approximate surface area is 178 Å². The van der Waals surface area contributed by atoms with E-state index in [2.05, 4.69) is 32.4 Å². The summed E-state index contributed by atoms with van der Waals surface area (Å²) in [5.74, 6) is 1.33. The average molecular weight is 515 g/mol. The molecule has 2 N–H and O–H groups in total. The van der Waals surface area contributed by atoms with Crippen LogP contribution in [-0.2, 0) is 16.3 Å². The molecule has 26 heavy (non-hydrogen) atoms. The van der Waals surface area contributed by atoms with E-state index >= 15 is 0 Å². The van der Waals surface area contributed by atoms with Gasteiger partial charge in [-0.25, -0.2) is 13.4 Å². The monoisotopic (exact) mass is 515 g/mol. The van der Waals surface area contributed by atoms with Gasteiger partial charge in [0.15, 0.2) is 15.8 Å². The number of halogens is 1. The van der Waals surface area contributed by atoms with E-state index in [1.807, 2.05) is 13.8 Å². The number of aliphatic imine (C=N–C) groups is 1. The number of sulfone groups is 1. The second-order valence-corrected chi connectivity index (χ2v) is 9.77. The molecule has 0 unspecified atom stereocenters. The molecule has 10 heteroatoms. The predicted molar refractivity (Wildman–Crippen MR) is 120 cm³/mol. The van der Waals surface area contributed by atoms with Crippen molar-refractivity contribution in [3.05, 3.63) is 15.6 Å². The van der Waals surface area contributed by atoms with Crippen LogP contribution >= 0.6 is 35.3 Å². The quantitative estimate of drug-likeness (QED) is 0.323. The molecule has 7 nitrogen and oxygen atoms in total. The highest BCUT2D eigenvalue weighted by atomic mass is 127. The van der Waals surface area contributed by atoms with Gasteiger partial charge in [0.1, 0.15) is 0 Å². The molecule has 1 fully saturated rings. The smallest absolute Gasteiger partial charge is 0.191 e. The van der Waals surface area contributed by atoms with Crippen LogP contribution in [0.5, 0.6) is 0 Å². The number of hydrogen-bond acceptors (Lipinski definition) is 6. The molecule has 1 aromatic rings. The van der Waals surface area contributed by atoms with Crippen LogP contribution in [-0.4, -0.2) is 75.0 Å². The third-order valence-electron chi connectivity index (χ3n) is 4.17. The minimum absolute atomic E-state index is 0. The highest BCUT2D eigenvalue weighted by Gasteiger charge is 2.20. The van der Waals surface area contributed by atoms with Crippen LogP contribution in [0.1, 0.15) is 22.5 Å². The molecule has 0 bridgehead atoms. The number of aryl methyl sites for hydroxylation is 2. The fourth-order valence-corrected chi connectivity index (χ4v) is 4.76. The van der Waals surface area contributed by atoms with E-state index in [0.29, 0.717) is 19.6 Å². The summed E-state index contributed by atoms with van der Waals surface area (Å²) in [7, 11) is -2.81. The van der Waals surface area contributed by atoms with Crippen LogP contribution in [0.2, 0.25) is 0 Å². The molecular formula is C16H30IN5O2S2. The topological polar surface area (TPSA) is 86.7 Å². The van der Waals surface area contributed by atoms with Crippen molar-refractivity contribution >= 4 is 51.1 Å². The Bertz CT molecular complexity index is 657. The van der Waals surface area contributed by atoms with Crippen molar-refractivity contribution in [2.75, 3.05) is 50.8 Å². The Kier molecular flexibility index (Phi) is 10.3. The second-order valence-electron chi connectivity index (χ2n) is 6.18. The maximum absolute atomic E-state index is 11.4. The van der Waals surface area contributed by atoms with Crippen molar-refractivity contribution in [3.63, 3.8) is 0 Å². The zero-order valence-corrected chi connectivity index (χ0v) is 19.7. The molecule has 0 aromatic carbocycles. The van der Waals surface area contributed by atoms with Gasteiger partial charge in [0, 0.05) is 44.0 Å². The summed E-state index contributed by atoms with van der Waals surface area (Å²) in [5.41, 5.74) is 1.11. The van der Waals surface area contributed by atoms with Gasteiger partial charge in [-0.05, 0) is 20.8 Å². The number of guanidine groups is 1. The van der Waals surface area contributed by atoms with Crippen molar-refractivity contribution in [2.45, 2.75) is 27.2 Å². The first kappa shape index (κ1) is 23.6. The van der Waals surface area contributed by atoms with Crippen LogP contribution in [0.25, 0.3) is 0 Å². The number of nitrogens with zero attached hydrogens (tertiary/aromatic N) is 3. The lowest BCUT2D eigenvalue weighted by molar-refractivity contribution is 0.304. The first-order valence-corrected chi connectivity index (χ1v) is 11.4.